The molecular formula is C22H23N3O5. The number of benzene rings is 2. The van der Waals surface area contributed by atoms with Gasteiger partial charge in [0, 0.05) is 5.56 Å². The molecule has 156 valence electrons. The molecule has 30 heavy (non-hydrogen) atoms. The first-order chi connectivity index (χ1) is 14.4. The lowest BCUT2D eigenvalue weighted by atomic mass is 10.0. The molecule has 0 spiro atoms. The van der Waals surface area contributed by atoms with Gasteiger partial charge in [0.25, 0.3) is 5.91 Å². The summed E-state index contributed by atoms with van der Waals surface area (Å²) in [6.07, 6.45) is 0. The number of amides is 1. The minimum Gasteiger partial charge on any atom is -0.482 e. The van der Waals surface area contributed by atoms with Crippen LogP contribution in [0.15, 0.2) is 52.9 Å². The van der Waals surface area contributed by atoms with Gasteiger partial charge in [-0.25, -0.2) is 4.79 Å². The van der Waals surface area contributed by atoms with E-state index in [1.165, 1.54) is 0 Å². The van der Waals surface area contributed by atoms with Crippen molar-refractivity contribution in [3.05, 3.63) is 59.7 Å². The van der Waals surface area contributed by atoms with E-state index in [4.69, 9.17) is 13.9 Å². The normalized spacial score (nSPS) is 10.7. The van der Waals surface area contributed by atoms with E-state index < -0.39 is 18.5 Å². The zero-order chi connectivity index (χ0) is 21.5. The predicted molar refractivity (Wildman–Crippen MR) is 110 cm³/mol. The molecule has 3 aromatic rings. The van der Waals surface area contributed by atoms with Crippen LogP contribution < -0.4 is 10.1 Å². The molecule has 0 saturated heterocycles. The number of aromatic nitrogens is 2. The summed E-state index contributed by atoms with van der Waals surface area (Å²) in [5, 5.41) is 10.0. The second kappa shape index (κ2) is 9.69. The fraction of sp³-hybridized carbons (Fsp3) is 0.273. The fourth-order valence-corrected chi connectivity index (χ4v) is 2.69. The van der Waals surface area contributed by atoms with E-state index in [0.717, 1.165) is 16.7 Å². The molecule has 1 amide bonds. The molecule has 1 heterocycles. The van der Waals surface area contributed by atoms with Crippen LogP contribution in [0.5, 0.6) is 5.75 Å². The Morgan fingerprint density at radius 2 is 1.83 bits per heavy atom. The van der Waals surface area contributed by atoms with Gasteiger partial charge in [-0.15, -0.1) is 5.10 Å². The number of rotatable bonds is 8. The molecule has 0 bridgehead atoms. The maximum absolute atomic E-state index is 12.0. The fourth-order valence-electron chi connectivity index (χ4n) is 2.69. The average Bonchev–Trinajstić information content (AvgIpc) is 3.19. The van der Waals surface area contributed by atoms with Crippen molar-refractivity contribution in [3.63, 3.8) is 0 Å². The minimum atomic E-state index is -0.656. The minimum absolute atomic E-state index is 0.0764. The van der Waals surface area contributed by atoms with Crippen molar-refractivity contribution in [2.45, 2.75) is 26.7 Å². The smallest absolute Gasteiger partial charge is 0.344 e. The van der Waals surface area contributed by atoms with Gasteiger partial charge >= 0.3 is 12.0 Å². The van der Waals surface area contributed by atoms with Crippen LogP contribution in [0.4, 0.5) is 6.01 Å². The SMILES string of the molecule is Cc1ccc(C(C)C)c(OCC(=O)OCC(=O)Nc2nnc(-c3ccccc3)o2)c1. The van der Waals surface area contributed by atoms with Gasteiger partial charge in [0.15, 0.2) is 13.2 Å². The van der Waals surface area contributed by atoms with Crippen LogP contribution in [0.25, 0.3) is 11.5 Å². The van der Waals surface area contributed by atoms with Gasteiger partial charge in [-0.05, 0) is 42.2 Å². The largest absolute Gasteiger partial charge is 0.482 e. The molecular weight excluding hydrogens is 386 g/mol. The summed E-state index contributed by atoms with van der Waals surface area (Å²) in [6, 6.07) is 14.9. The number of carbonyl (C=O) groups excluding carboxylic acids is 2. The topological polar surface area (TPSA) is 104 Å². The van der Waals surface area contributed by atoms with Crippen LogP contribution in [0.3, 0.4) is 0 Å². The Morgan fingerprint density at radius 1 is 1.07 bits per heavy atom. The standard InChI is InChI=1S/C22H23N3O5/c1-14(2)17-10-9-15(3)11-18(17)28-13-20(27)29-12-19(26)23-22-25-24-21(30-22)16-7-5-4-6-8-16/h4-11,14H,12-13H2,1-3H3,(H,23,25,26). The highest BCUT2D eigenvalue weighted by Crippen LogP contribution is 2.27. The van der Waals surface area contributed by atoms with Gasteiger partial charge in [-0.1, -0.05) is 49.3 Å². The van der Waals surface area contributed by atoms with E-state index in [-0.39, 0.29) is 24.4 Å². The van der Waals surface area contributed by atoms with Crippen molar-refractivity contribution >= 4 is 17.9 Å². The van der Waals surface area contributed by atoms with Gasteiger partial charge in [-0.3, -0.25) is 10.1 Å². The summed E-state index contributed by atoms with van der Waals surface area (Å²) in [7, 11) is 0. The highest BCUT2D eigenvalue weighted by atomic mass is 16.6. The van der Waals surface area contributed by atoms with Crippen molar-refractivity contribution in [1.82, 2.24) is 10.2 Å². The molecule has 0 radical (unpaired) electrons. The summed E-state index contributed by atoms with van der Waals surface area (Å²) >= 11 is 0. The first-order valence-electron chi connectivity index (χ1n) is 9.50. The quantitative estimate of drug-likeness (QED) is 0.565. The second-order valence-electron chi connectivity index (χ2n) is 6.97. The average molecular weight is 409 g/mol. The third kappa shape index (κ3) is 5.66. The maximum atomic E-state index is 12.0. The Hall–Kier alpha value is -3.68. The van der Waals surface area contributed by atoms with Crippen LogP contribution in [0.1, 0.15) is 30.9 Å². The number of hydrogen-bond donors (Lipinski definition) is 1. The summed E-state index contributed by atoms with van der Waals surface area (Å²) in [4.78, 5) is 23.9. The zero-order valence-electron chi connectivity index (χ0n) is 17.0. The van der Waals surface area contributed by atoms with Crippen LogP contribution in [0, 0.1) is 6.92 Å². The lowest BCUT2D eigenvalue weighted by molar-refractivity contribution is -0.149. The van der Waals surface area contributed by atoms with E-state index in [0.29, 0.717) is 5.75 Å². The molecule has 0 fully saturated rings. The number of nitrogens with zero attached hydrogens (tertiary/aromatic N) is 2. The Kier molecular flexibility index (Phi) is 6.79. The maximum Gasteiger partial charge on any atom is 0.344 e. The number of ether oxygens (including phenoxy) is 2. The van der Waals surface area contributed by atoms with E-state index >= 15 is 0 Å². The van der Waals surface area contributed by atoms with E-state index in [1.807, 2.05) is 57.2 Å². The van der Waals surface area contributed by atoms with Crippen LogP contribution in [-0.4, -0.2) is 35.3 Å². The van der Waals surface area contributed by atoms with Gasteiger partial charge in [0.05, 0.1) is 0 Å². The van der Waals surface area contributed by atoms with Gasteiger partial charge in [0.1, 0.15) is 5.75 Å². The highest BCUT2D eigenvalue weighted by molar-refractivity contribution is 5.91. The Balaban J connectivity index is 1.47. The first-order valence-corrected chi connectivity index (χ1v) is 9.50. The lowest BCUT2D eigenvalue weighted by Crippen LogP contribution is -2.24. The molecule has 8 nitrogen and oxygen atoms in total. The van der Waals surface area contributed by atoms with Crippen molar-refractivity contribution in [3.8, 4) is 17.2 Å². The van der Waals surface area contributed by atoms with Crippen LogP contribution in [-0.2, 0) is 14.3 Å². The van der Waals surface area contributed by atoms with Crippen molar-refractivity contribution < 1.29 is 23.5 Å². The molecule has 0 aliphatic carbocycles. The Morgan fingerprint density at radius 3 is 2.57 bits per heavy atom. The molecule has 1 N–H and O–H groups in total. The molecule has 3 rings (SSSR count). The number of aryl methyl sites for hydroxylation is 1. The van der Waals surface area contributed by atoms with Gasteiger partial charge in [-0.2, -0.15) is 0 Å². The Bertz CT molecular complexity index is 1010. The third-order valence-electron chi connectivity index (χ3n) is 4.19. The number of hydrogen-bond acceptors (Lipinski definition) is 7. The van der Waals surface area contributed by atoms with Crippen molar-refractivity contribution in [1.29, 1.82) is 0 Å². The van der Waals surface area contributed by atoms with E-state index in [2.05, 4.69) is 15.5 Å². The predicted octanol–water partition coefficient (Wildman–Crippen LogP) is 3.73. The number of nitrogens with one attached hydrogen (secondary N) is 1. The first kappa shape index (κ1) is 21.0. The van der Waals surface area contributed by atoms with Gasteiger partial charge in [0.2, 0.25) is 5.89 Å². The van der Waals surface area contributed by atoms with Crippen molar-refractivity contribution in [2.24, 2.45) is 0 Å². The summed E-state index contributed by atoms with van der Waals surface area (Å²) in [5.41, 5.74) is 2.75. The Labute approximate surface area is 174 Å². The summed E-state index contributed by atoms with van der Waals surface area (Å²) in [5.74, 6) is -0.0967. The second-order valence-corrected chi connectivity index (χ2v) is 6.97. The van der Waals surface area contributed by atoms with E-state index in [9.17, 15) is 9.59 Å². The highest BCUT2D eigenvalue weighted by Gasteiger charge is 2.14. The molecule has 0 unspecified atom stereocenters. The molecule has 8 heteroatoms. The lowest BCUT2D eigenvalue weighted by Gasteiger charge is -2.14. The molecule has 1 aromatic heterocycles. The van der Waals surface area contributed by atoms with Gasteiger partial charge < -0.3 is 13.9 Å². The van der Waals surface area contributed by atoms with E-state index in [1.54, 1.807) is 12.1 Å². The molecule has 0 aliphatic heterocycles. The van der Waals surface area contributed by atoms with Crippen molar-refractivity contribution in [2.75, 3.05) is 18.5 Å². The monoisotopic (exact) mass is 409 g/mol. The molecule has 0 aliphatic rings. The zero-order valence-corrected chi connectivity index (χ0v) is 17.0. The molecule has 0 saturated carbocycles. The van der Waals surface area contributed by atoms with Crippen LogP contribution in [0.2, 0.25) is 0 Å². The number of anilines is 1. The summed E-state index contributed by atoms with van der Waals surface area (Å²) < 4.78 is 15.9. The molecule has 2 aromatic carbocycles. The molecule has 0 atom stereocenters. The third-order valence-corrected chi connectivity index (χ3v) is 4.19. The number of esters is 1. The number of carbonyl (C=O) groups is 2. The summed E-state index contributed by atoms with van der Waals surface area (Å²) in [6.45, 7) is 5.24. The van der Waals surface area contributed by atoms with Crippen LogP contribution >= 0.6 is 0 Å².